The molecule has 5 heteroatoms. The van der Waals surface area contributed by atoms with Gasteiger partial charge in [-0.3, -0.25) is 4.98 Å². The Morgan fingerprint density at radius 1 is 1.44 bits per heavy atom. The van der Waals surface area contributed by atoms with Gasteiger partial charge in [0, 0.05) is 30.3 Å². The molecule has 3 aliphatic rings. The van der Waals surface area contributed by atoms with Crippen LogP contribution in [0.25, 0.3) is 0 Å². The van der Waals surface area contributed by atoms with Gasteiger partial charge in [-0.1, -0.05) is 0 Å². The highest BCUT2D eigenvalue weighted by Crippen LogP contribution is 2.24. The van der Waals surface area contributed by atoms with Gasteiger partial charge in [0.15, 0.2) is 0 Å². The van der Waals surface area contributed by atoms with E-state index in [4.69, 9.17) is 4.74 Å². The smallest absolute Gasteiger partial charge is 0.0875 e. The summed E-state index contributed by atoms with van der Waals surface area (Å²) in [6, 6.07) is 2.54. The molecule has 3 fully saturated rings. The summed E-state index contributed by atoms with van der Waals surface area (Å²) in [5.74, 6) is 0. The molecule has 0 aromatic carbocycles. The van der Waals surface area contributed by atoms with E-state index in [1.54, 1.807) is 0 Å². The standard InChI is InChI=1S/C11H14BrN3O/c12-8-1-9(3-13-2-8)15-6-11-5-14-4-10(15)7-16-11/h1-3,10-11,14H,4-7H2. The molecule has 0 saturated carbocycles. The predicted molar refractivity (Wildman–Crippen MR) is 65.7 cm³/mol. The van der Waals surface area contributed by atoms with E-state index in [1.807, 2.05) is 12.4 Å². The third-order valence-electron chi connectivity index (χ3n) is 3.14. The van der Waals surface area contributed by atoms with Gasteiger partial charge in [-0.15, -0.1) is 0 Å². The number of nitrogens with one attached hydrogen (secondary N) is 1. The van der Waals surface area contributed by atoms with Crippen molar-refractivity contribution in [3.8, 4) is 0 Å². The SMILES string of the molecule is Brc1cncc(N2CC3CNCC2CO3)c1. The first-order chi connectivity index (χ1) is 7.83. The molecule has 2 unspecified atom stereocenters. The molecule has 2 atom stereocenters. The largest absolute Gasteiger partial charge is 0.373 e. The fraction of sp³-hybridized carbons (Fsp3) is 0.545. The number of aromatic nitrogens is 1. The van der Waals surface area contributed by atoms with Crippen molar-refractivity contribution in [2.24, 2.45) is 0 Å². The van der Waals surface area contributed by atoms with Crippen LogP contribution >= 0.6 is 15.9 Å². The van der Waals surface area contributed by atoms with E-state index in [0.29, 0.717) is 12.1 Å². The third kappa shape index (κ3) is 1.95. The Morgan fingerprint density at radius 2 is 2.38 bits per heavy atom. The summed E-state index contributed by atoms with van der Waals surface area (Å²) in [4.78, 5) is 6.62. The first-order valence-corrected chi connectivity index (χ1v) is 6.32. The van der Waals surface area contributed by atoms with E-state index in [1.165, 1.54) is 5.69 Å². The molecule has 0 radical (unpaired) electrons. The van der Waals surface area contributed by atoms with Crippen LogP contribution in [0, 0.1) is 0 Å². The van der Waals surface area contributed by atoms with E-state index in [-0.39, 0.29) is 0 Å². The number of morpholine rings is 1. The molecule has 2 bridgehead atoms. The van der Waals surface area contributed by atoms with Crippen LogP contribution in [0.5, 0.6) is 0 Å². The molecule has 1 aromatic heterocycles. The van der Waals surface area contributed by atoms with Gasteiger partial charge >= 0.3 is 0 Å². The normalized spacial score (nSPS) is 29.2. The Balaban J connectivity index is 1.89. The number of hydrogen-bond acceptors (Lipinski definition) is 4. The average molecular weight is 284 g/mol. The summed E-state index contributed by atoms with van der Waals surface area (Å²) >= 11 is 3.47. The first-order valence-electron chi connectivity index (χ1n) is 5.52. The lowest BCUT2D eigenvalue weighted by Gasteiger charge is -2.37. The summed E-state index contributed by atoms with van der Waals surface area (Å²) in [5, 5.41) is 3.42. The molecule has 4 rings (SSSR count). The number of rotatable bonds is 1. The zero-order chi connectivity index (χ0) is 11.0. The van der Waals surface area contributed by atoms with Gasteiger partial charge in [0.1, 0.15) is 0 Å². The Bertz CT molecular complexity index is 383. The molecular formula is C11H14BrN3O. The molecule has 1 aromatic rings. The van der Waals surface area contributed by atoms with E-state index < -0.39 is 0 Å². The monoisotopic (exact) mass is 283 g/mol. The number of pyridine rings is 1. The highest BCUT2D eigenvalue weighted by atomic mass is 79.9. The Morgan fingerprint density at radius 3 is 3.25 bits per heavy atom. The van der Waals surface area contributed by atoms with Crippen molar-refractivity contribution in [3.63, 3.8) is 0 Å². The highest BCUT2D eigenvalue weighted by Gasteiger charge is 2.32. The topological polar surface area (TPSA) is 37.4 Å². The Hall–Kier alpha value is -0.650. The minimum atomic E-state index is 0.303. The molecular weight excluding hydrogens is 270 g/mol. The zero-order valence-corrected chi connectivity index (χ0v) is 10.5. The Kier molecular flexibility index (Phi) is 2.83. The number of hydrogen-bond donors (Lipinski definition) is 1. The molecule has 3 aliphatic heterocycles. The zero-order valence-electron chi connectivity index (χ0n) is 8.90. The van der Waals surface area contributed by atoms with Gasteiger partial charge in [-0.2, -0.15) is 0 Å². The second-order valence-electron chi connectivity index (χ2n) is 4.28. The number of ether oxygens (including phenoxy) is 1. The third-order valence-corrected chi connectivity index (χ3v) is 3.57. The first kappa shape index (κ1) is 10.5. The quantitative estimate of drug-likeness (QED) is 0.835. The lowest BCUT2D eigenvalue weighted by atomic mass is 10.2. The maximum Gasteiger partial charge on any atom is 0.0875 e. The van der Waals surface area contributed by atoms with Gasteiger partial charge in [0.25, 0.3) is 0 Å². The maximum absolute atomic E-state index is 5.75. The van der Waals surface area contributed by atoms with Crippen molar-refractivity contribution in [2.45, 2.75) is 12.1 Å². The van der Waals surface area contributed by atoms with Crippen LogP contribution in [0.2, 0.25) is 0 Å². The fourth-order valence-electron chi connectivity index (χ4n) is 2.34. The molecule has 0 aliphatic carbocycles. The van der Waals surface area contributed by atoms with Crippen molar-refractivity contribution in [2.75, 3.05) is 31.1 Å². The lowest BCUT2D eigenvalue weighted by Crippen LogP contribution is -2.49. The molecule has 4 heterocycles. The minimum absolute atomic E-state index is 0.303. The number of halogens is 1. The van der Waals surface area contributed by atoms with Crippen LogP contribution in [0.1, 0.15) is 0 Å². The summed E-state index contributed by atoms with van der Waals surface area (Å²) in [7, 11) is 0. The van der Waals surface area contributed by atoms with Crippen molar-refractivity contribution < 1.29 is 4.74 Å². The second-order valence-corrected chi connectivity index (χ2v) is 5.20. The van der Waals surface area contributed by atoms with Gasteiger partial charge in [-0.05, 0) is 22.0 Å². The Labute approximate surface area is 103 Å². The number of fused-ring (bicyclic) bond motifs is 4. The van der Waals surface area contributed by atoms with Crippen molar-refractivity contribution in [3.05, 3.63) is 22.9 Å². The number of nitrogens with zero attached hydrogens (tertiary/aromatic N) is 2. The van der Waals surface area contributed by atoms with Crippen LogP contribution in [0.4, 0.5) is 5.69 Å². The minimum Gasteiger partial charge on any atom is -0.373 e. The highest BCUT2D eigenvalue weighted by molar-refractivity contribution is 9.10. The van der Waals surface area contributed by atoms with Gasteiger partial charge in [0.05, 0.1) is 30.6 Å². The maximum atomic E-state index is 5.75. The predicted octanol–water partition coefficient (Wildman–Crippen LogP) is 1.02. The van der Waals surface area contributed by atoms with Crippen molar-refractivity contribution in [1.82, 2.24) is 10.3 Å². The number of anilines is 1. The van der Waals surface area contributed by atoms with Crippen LogP contribution in [0.15, 0.2) is 22.9 Å². The van der Waals surface area contributed by atoms with E-state index >= 15 is 0 Å². The fourth-order valence-corrected chi connectivity index (χ4v) is 2.69. The van der Waals surface area contributed by atoms with E-state index in [9.17, 15) is 0 Å². The van der Waals surface area contributed by atoms with E-state index in [2.05, 4.69) is 37.2 Å². The summed E-state index contributed by atoms with van der Waals surface area (Å²) in [6.07, 6.45) is 4.04. The van der Waals surface area contributed by atoms with Gasteiger partial charge in [-0.25, -0.2) is 0 Å². The van der Waals surface area contributed by atoms with Crippen molar-refractivity contribution >= 4 is 21.6 Å². The molecule has 0 spiro atoms. The summed E-state index contributed by atoms with van der Waals surface area (Å²) in [6.45, 7) is 3.71. The van der Waals surface area contributed by atoms with E-state index in [0.717, 1.165) is 30.7 Å². The molecule has 0 amide bonds. The van der Waals surface area contributed by atoms with Crippen LogP contribution in [-0.2, 0) is 4.74 Å². The summed E-state index contributed by atoms with van der Waals surface area (Å²) in [5.41, 5.74) is 1.18. The summed E-state index contributed by atoms with van der Waals surface area (Å²) < 4.78 is 6.77. The van der Waals surface area contributed by atoms with Crippen molar-refractivity contribution in [1.29, 1.82) is 0 Å². The molecule has 16 heavy (non-hydrogen) atoms. The van der Waals surface area contributed by atoms with Gasteiger partial charge in [0.2, 0.25) is 0 Å². The molecule has 3 saturated heterocycles. The molecule has 86 valence electrons. The molecule has 4 nitrogen and oxygen atoms in total. The van der Waals surface area contributed by atoms with Crippen LogP contribution < -0.4 is 10.2 Å². The van der Waals surface area contributed by atoms with Gasteiger partial charge < -0.3 is 15.0 Å². The average Bonchev–Trinajstić information content (AvgIpc) is 2.63. The lowest BCUT2D eigenvalue weighted by molar-refractivity contribution is 0.0391. The second kappa shape index (κ2) is 4.31. The van der Waals surface area contributed by atoms with Crippen LogP contribution in [-0.4, -0.2) is 43.4 Å². The molecule has 1 N–H and O–H groups in total. The van der Waals surface area contributed by atoms with Crippen LogP contribution in [0.3, 0.4) is 0 Å².